The largest absolute Gasteiger partial charge is 0.0884 e. The van der Waals surface area contributed by atoms with Gasteiger partial charge in [0.05, 0.1) is 0 Å². The molecule has 92 valence electrons. The average molecular weight is 293 g/mol. The Morgan fingerprint density at radius 3 is 2.29 bits per heavy atom. The molecular formula is C16H21Br. The highest BCUT2D eigenvalue weighted by Gasteiger charge is 2.53. The summed E-state index contributed by atoms with van der Waals surface area (Å²) >= 11 is 3.95. The van der Waals surface area contributed by atoms with E-state index in [4.69, 9.17) is 0 Å². The molecule has 0 amide bonds. The highest BCUT2D eigenvalue weighted by Crippen LogP contribution is 2.58. The lowest BCUT2D eigenvalue weighted by atomic mass is 10.0. The summed E-state index contributed by atoms with van der Waals surface area (Å²) in [5.74, 6) is 3.08. The first kappa shape index (κ1) is 11.8. The molecule has 0 saturated heterocycles. The molecule has 0 bridgehead atoms. The van der Waals surface area contributed by atoms with Crippen LogP contribution in [-0.2, 0) is 6.42 Å². The standard InChI is InChI=1S/C16H21Br/c1-11-6-8-12(9-7-11)10-15(17)16-13-4-2-3-5-14(13)16/h6-9,13-16H,2-5,10H2,1H3. The minimum absolute atomic E-state index is 0.707. The van der Waals surface area contributed by atoms with E-state index in [0.29, 0.717) is 4.83 Å². The number of rotatable bonds is 3. The lowest BCUT2D eigenvalue weighted by molar-refractivity contribution is 0.480. The van der Waals surface area contributed by atoms with E-state index in [0.717, 1.165) is 17.8 Å². The van der Waals surface area contributed by atoms with Crippen molar-refractivity contribution in [3.63, 3.8) is 0 Å². The quantitative estimate of drug-likeness (QED) is 0.706. The zero-order chi connectivity index (χ0) is 11.8. The molecule has 3 atom stereocenters. The number of halogens is 1. The Balaban J connectivity index is 1.60. The van der Waals surface area contributed by atoms with Crippen molar-refractivity contribution in [2.45, 2.75) is 43.9 Å². The molecule has 2 aliphatic carbocycles. The Bertz CT molecular complexity index is 369. The third-order valence-electron chi connectivity index (χ3n) is 4.69. The van der Waals surface area contributed by atoms with Crippen LogP contribution in [0.5, 0.6) is 0 Å². The Morgan fingerprint density at radius 1 is 1.12 bits per heavy atom. The summed E-state index contributed by atoms with van der Waals surface area (Å²) in [5.41, 5.74) is 2.85. The number of benzene rings is 1. The van der Waals surface area contributed by atoms with Gasteiger partial charge in [-0.15, -0.1) is 0 Å². The van der Waals surface area contributed by atoms with Crippen molar-refractivity contribution in [3.05, 3.63) is 35.4 Å². The van der Waals surface area contributed by atoms with Gasteiger partial charge in [-0.3, -0.25) is 0 Å². The average Bonchev–Trinajstić information content (AvgIpc) is 3.06. The number of fused-ring (bicyclic) bond motifs is 1. The van der Waals surface area contributed by atoms with E-state index in [2.05, 4.69) is 47.1 Å². The van der Waals surface area contributed by atoms with Crippen LogP contribution in [0.25, 0.3) is 0 Å². The number of aryl methyl sites for hydroxylation is 1. The number of hydrogen-bond acceptors (Lipinski definition) is 0. The zero-order valence-electron chi connectivity index (χ0n) is 10.5. The maximum Gasteiger partial charge on any atom is 0.0219 e. The SMILES string of the molecule is Cc1ccc(CC(Br)C2C3CCCCC32)cc1. The number of hydrogen-bond donors (Lipinski definition) is 0. The Hall–Kier alpha value is -0.300. The maximum atomic E-state index is 3.95. The van der Waals surface area contributed by atoms with Gasteiger partial charge in [-0.05, 0) is 49.5 Å². The van der Waals surface area contributed by atoms with Gasteiger partial charge in [0, 0.05) is 4.83 Å². The van der Waals surface area contributed by atoms with Gasteiger partial charge in [0.15, 0.2) is 0 Å². The van der Waals surface area contributed by atoms with Crippen molar-refractivity contribution in [2.75, 3.05) is 0 Å². The van der Waals surface area contributed by atoms with Gasteiger partial charge < -0.3 is 0 Å². The van der Waals surface area contributed by atoms with Crippen LogP contribution in [0.4, 0.5) is 0 Å². The van der Waals surface area contributed by atoms with E-state index in [1.807, 2.05) is 0 Å². The molecule has 17 heavy (non-hydrogen) atoms. The first-order chi connectivity index (χ1) is 8.25. The molecule has 0 nitrogen and oxygen atoms in total. The fourth-order valence-corrected chi connectivity index (χ4v) is 4.83. The zero-order valence-corrected chi connectivity index (χ0v) is 12.1. The van der Waals surface area contributed by atoms with E-state index in [9.17, 15) is 0 Å². The molecule has 0 N–H and O–H groups in total. The van der Waals surface area contributed by atoms with Crippen LogP contribution in [0.2, 0.25) is 0 Å². The van der Waals surface area contributed by atoms with Gasteiger partial charge in [0.2, 0.25) is 0 Å². The maximum absolute atomic E-state index is 3.95. The summed E-state index contributed by atoms with van der Waals surface area (Å²) < 4.78 is 0. The van der Waals surface area contributed by atoms with Crippen molar-refractivity contribution in [3.8, 4) is 0 Å². The highest BCUT2D eigenvalue weighted by molar-refractivity contribution is 9.09. The fraction of sp³-hybridized carbons (Fsp3) is 0.625. The van der Waals surface area contributed by atoms with Crippen LogP contribution >= 0.6 is 15.9 Å². The summed E-state index contributed by atoms with van der Waals surface area (Å²) in [4.78, 5) is 0.707. The molecule has 1 aromatic carbocycles. The molecule has 0 heterocycles. The van der Waals surface area contributed by atoms with Crippen LogP contribution < -0.4 is 0 Å². The van der Waals surface area contributed by atoms with Crippen LogP contribution in [-0.4, -0.2) is 4.83 Å². The van der Waals surface area contributed by atoms with Crippen LogP contribution in [0.15, 0.2) is 24.3 Å². The Morgan fingerprint density at radius 2 is 1.71 bits per heavy atom. The normalized spacial score (nSPS) is 32.9. The van der Waals surface area contributed by atoms with Crippen LogP contribution in [0.3, 0.4) is 0 Å². The Kier molecular flexibility index (Phi) is 3.30. The molecular weight excluding hydrogens is 272 g/mol. The summed E-state index contributed by atoms with van der Waals surface area (Å²) in [5, 5.41) is 0. The van der Waals surface area contributed by atoms with Gasteiger partial charge in [-0.1, -0.05) is 58.6 Å². The Labute approximate surface area is 113 Å². The predicted octanol–water partition coefficient (Wildman–Crippen LogP) is 4.74. The topological polar surface area (TPSA) is 0 Å². The molecule has 0 spiro atoms. The molecule has 3 rings (SSSR count). The molecule has 1 aromatic rings. The second-order valence-corrected chi connectivity index (χ2v) is 7.07. The molecule has 2 saturated carbocycles. The van der Waals surface area contributed by atoms with E-state index in [1.165, 1.54) is 43.2 Å². The van der Waals surface area contributed by atoms with Gasteiger partial charge in [0.25, 0.3) is 0 Å². The molecule has 1 heteroatoms. The summed E-state index contributed by atoms with van der Waals surface area (Å²) in [6.45, 7) is 2.16. The lowest BCUT2D eigenvalue weighted by Crippen LogP contribution is -2.07. The van der Waals surface area contributed by atoms with Crippen LogP contribution in [0.1, 0.15) is 36.8 Å². The van der Waals surface area contributed by atoms with Crippen molar-refractivity contribution in [1.82, 2.24) is 0 Å². The minimum atomic E-state index is 0.707. The summed E-state index contributed by atoms with van der Waals surface area (Å²) in [6.07, 6.45) is 7.14. The second kappa shape index (κ2) is 4.76. The lowest BCUT2D eigenvalue weighted by Gasteiger charge is -2.09. The van der Waals surface area contributed by atoms with E-state index < -0.39 is 0 Å². The molecule has 0 aliphatic heterocycles. The van der Waals surface area contributed by atoms with E-state index in [1.54, 1.807) is 0 Å². The van der Waals surface area contributed by atoms with Gasteiger partial charge in [0.1, 0.15) is 0 Å². The van der Waals surface area contributed by atoms with Crippen molar-refractivity contribution >= 4 is 15.9 Å². The van der Waals surface area contributed by atoms with Crippen molar-refractivity contribution in [2.24, 2.45) is 17.8 Å². The highest BCUT2D eigenvalue weighted by atomic mass is 79.9. The third-order valence-corrected chi connectivity index (χ3v) is 5.63. The van der Waals surface area contributed by atoms with E-state index in [-0.39, 0.29) is 0 Å². The molecule has 2 aliphatic rings. The van der Waals surface area contributed by atoms with Gasteiger partial charge in [-0.2, -0.15) is 0 Å². The summed E-state index contributed by atoms with van der Waals surface area (Å²) in [7, 11) is 0. The van der Waals surface area contributed by atoms with Gasteiger partial charge >= 0.3 is 0 Å². The summed E-state index contributed by atoms with van der Waals surface area (Å²) in [6, 6.07) is 9.04. The molecule has 0 radical (unpaired) electrons. The monoisotopic (exact) mass is 292 g/mol. The predicted molar refractivity (Wildman–Crippen MR) is 76.5 cm³/mol. The molecule has 2 fully saturated rings. The van der Waals surface area contributed by atoms with E-state index >= 15 is 0 Å². The second-order valence-electron chi connectivity index (χ2n) is 5.90. The minimum Gasteiger partial charge on any atom is -0.0884 e. The van der Waals surface area contributed by atoms with Crippen molar-refractivity contribution in [1.29, 1.82) is 0 Å². The first-order valence-corrected chi connectivity index (χ1v) is 7.87. The van der Waals surface area contributed by atoms with Gasteiger partial charge in [-0.25, -0.2) is 0 Å². The first-order valence-electron chi connectivity index (χ1n) is 6.95. The molecule has 0 aromatic heterocycles. The fourth-order valence-electron chi connectivity index (χ4n) is 3.67. The smallest absolute Gasteiger partial charge is 0.0219 e. The third kappa shape index (κ3) is 2.45. The molecule has 3 unspecified atom stereocenters. The number of alkyl halides is 1. The van der Waals surface area contributed by atoms with Crippen LogP contribution in [0, 0.1) is 24.7 Å². The van der Waals surface area contributed by atoms with Crippen molar-refractivity contribution < 1.29 is 0 Å².